The Balaban J connectivity index is 2.00. The van der Waals surface area contributed by atoms with Crippen molar-refractivity contribution in [3.8, 4) is 0 Å². The molecule has 1 fully saturated rings. The molecule has 0 amide bonds. The van der Waals surface area contributed by atoms with Crippen LogP contribution in [-0.2, 0) is 34.7 Å². The zero-order chi connectivity index (χ0) is 16.6. The van der Waals surface area contributed by atoms with Crippen LogP contribution in [0.4, 0.5) is 0 Å². The van der Waals surface area contributed by atoms with E-state index >= 15 is 0 Å². The Morgan fingerprint density at radius 3 is 2.74 bits per heavy atom. The summed E-state index contributed by atoms with van der Waals surface area (Å²) in [5.74, 6) is -0.955. The van der Waals surface area contributed by atoms with Crippen molar-refractivity contribution in [3.05, 3.63) is 11.3 Å². The van der Waals surface area contributed by atoms with E-state index in [1.54, 1.807) is 7.05 Å². The fraction of sp³-hybridized carbons (Fsp3) is 0.733. The van der Waals surface area contributed by atoms with E-state index in [0.29, 0.717) is 13.0 Å². The number of carbonyl (C=O) groups is 1. The lowest BCUT2D eigenvalue weighted by Gasteiger charge is -2.34. The monoisotopic (exact) mass is 341 g/mol. The number of aliphatic carboxylic acids is 1. The van der Waals surface area contributed by atoms with Crippen molar-refractivity contribution in [2.75, 3.05) is 6.54 Å². The number of hydrogen-bond donors (Lipinski definition) is 1. The number of fused-ring (bicyclic) bond motifs is 1. The van der Waals surface area contributed by atoms with Crippen LogP contribution in [0.1, 0.15) is 49.8 Å². The van der Waals surface area contributed by atoms with E-state index < -0.39 is 22.0 Å². The molecule has 3 rings (SSSR count). The van der Waals surface area contributed by atoms with Gasteiger partial charge in [0.1, 0.15) is 0 Å². The van der Waals surface area contributed by atoms with Crippen LogP contribution in [0.2, 0.25) is 0 Å². The van der Waals surface area contributed by atoms with Crippen LogP contribution >= 0.6 is 0 Å². The second-order valence-electron chi connectivity index (χ2n) is 6.42. The molecule has 0 saturated carbocycles. The van der Waals surface area contributed by atoms with E-state index in [-0.39, 0.29) is 11.4 Å². The number of sulfonamides is 1. The minimum absolute atomic E-state index is 0.140. The molecule has 7 nitrogen and oxygen atoms in total. The van der Waals surface area contributed by atoms with Crippen LogP contribution in [-0.4, -0.2) is 46.2 Å². The van der Waals surface area contributed by atoms with Crippen LogP contribution in [0.15, 0.2) is 5.03 Å². The van der Waals surface area contributed by atoms with Crippen molar-refractivity contribution in [1.82, 2.24) is 14.1 Å². The maximum atomic E-state index is 13.2. The van der Waals surface area contributed by atoms with Crippen molar-refractivity contribution >= 4 is 16.0 Å². The van der Waals surface area contributed by atoms with Crippen molar-refractivity contribution < 1.29 is 18.3 Å². The van der Waals surface area contributed by atoms with Gasteiger partial charge in [0.15, 0.2) is 5.03 Å². The number of rotatable bonds is 4. The van der Waals surface area contributed by atoms with Gasteiger partial charge in [-0.3, -0.25) is 9.48 Å². The first-order valence-corrected chi connectivity index (χ1v) is 9.63. The maximum Gasteiger partial charge on any atom is 0.304 e. The van der Waals surface area contributed by atoms with Crippen molar-refractivity contribution in [3.63, 3.8) is 0 Å². The van der Waals surface area contributed by atoms with Crippen molar-refractivity contribution in [2.24, 2.45) is 7.05 Å². The molecule has 1 N–H and O–H groups in total. The molecule has 8 heteroatoms. The minimum atomic E-state index is -3.72. The van der Waals surface area contributed by atoms with Gasteiger partial charge in [-0.1, -0.05) is 6.42 Å². The Kier molecular flexibility index (Phi) is 4.46. The summed E-state index contributed by atoms with van der Waals surface area (Å²) in [4.78, 5) is 11.1. The van der Waals surface area contributed by atoms with Crippen molar-refractivity contribution in [1.29, 1.82) is 0 Å². The van der Waals surface area contributed by atoms with E-state index in [0.717, 1.165) is 49.8 Å². The molecule has 1 unspecified atom stereocenters. The topological polar surface area (TPSA) is 92.5 Å². The second kappa shape index (κ2) is 6.24. The average Bonchev–Trinajstić information content (AvgIpc) is 2.83. The van der Waals surface area contributed by atoms with Gasteiger partial charge in [-0.2, -0.15) is 9.40 Å². The van der Waals surface area contributed by atoms with E-state index in [4.69, 9.17) is 5.11 Å². The first kappa shape index (κ1) is 16.4. The van der Waals surface area contributed by atoms with Crippen LogP contribution in [0.3, 0.4) is 0 Å². The number of aromatic nitrogens is 2. The van der Waals surface area contributed by atoms with Gasteiger partial charge in [0.2, 0.25) is 0 Å². The van der Waals surface area contributed by atoms with Gasteiger partial charge in [-0.25, -0.2) is 8.42 Å². The molecule has 23 heavy (non-hydrogen) atoms. The Bertz CT molecular complexity index is 711. The first-order valence-electron chi connectivity index (χ1n) is 8.19. The Labute approximate surface area is 136 Å². The number of hydrogen-bond acceptors (Lipinski definition) is 4. The molecule has 2 heterocycles. The van der Waals surface area contributed by atoms with Gasteiger partial charge >= 0.3 is 5.97 Å². The normalized spacial score (nSPS) is 22.7. The summed E-state index contributed by atoms with van der Waals surface area (Å²) in [5.41, 5.74) is 1.71. The molecule has 1 aromatic rings. The highest BCUT2D eigenvalue weighted by Crippen LogP contribution is 2.32. The van der Waals surface area contributed by atoms with Gasteiger partial charge in [0.05, 0.1) is 12.1 Å². The maximum absolute atomic E-state index is 13.2. The van der Waals surface area contributed by atoms with Gasteiger partial charge in [0.25, 0.3) is 10.0 Å². The smallest absolute Gasteiger partial charge is 0.304 e. The van der Waals surface area contributed by atoms with Crippen LogP contribution in [0, 0.1) is 0 Å². The zero-order valence-corrected chi connectivity index (χ0v) is 14.2. The number of aryl methyl sites for hydroxylation is 2. The summed E-state index contributed by atoms with van der Waals surface area (Å²) in [6.07, 6.45) is 5.66. The number of piperidine rings is 1. The lowest BCUT2D eigenvalue weighted by molar-refractivity contribution is -0.138. The minimum Gasteiger partial charge on any atom is -0.481 e. The molecule has 0 spiro atoms. The summed E-state index contributed by atoms with van der Waals surface area (Å²) in [5, 5.41) is 13.7. The predicted octanol–water partition coefficient (Wildman–Crippen LogP) is 1.32. The third-order valence-corrected chi connectivity index (χ3v) is 6.90. The third-order valence-electron chi connectivity index (χ3n) is 4.80. The first-order chi connectivity index (χ1) is 10.9. The molecule has 1 aromatic heterocycles. The van der Waals surface area contributed by atoms with Crippen molar-refractivity contribution in [2.45, 2.75) is 62.4 Å². The summed E-state index contributed by atoms with van der Waals surface area (Å²) in [6, 6.07) is -0.458. The molecule has 1 atom stereocenters. The second-order valence-corrected chi connectivity index (χ2v) is 8.23. The molecule has 128 valence electrons. The van der Waals surface area contributed by atoms with Crippen LogP contribution in [0.5, 0.6) is 0 Å². The van der Waals surface area contributed by atoms with Crippen LogP contribution in [0.25, 0.3) is 0 Å². The molecular formula is C15H23N3O4S. The standard InChI is InChI=1S/C15H23N3O4S/c1-17-15(12-7-2-3-8-13(12)16-17)23(21,22)18-9-5-4-6-11(18)10-14(19)20/h11H,2-10H2,1H3,(H,19,20). The Morgan fingerprint density at radius 1 is 1.26 bits per heavy atom. The fourth-order valence-electron chi connectivity index (χ4n) is 3.78. The summed E-state index contributed by atoms with van der Waals surface area (Å²) in [7, 11) is -2.05. The van der Waals surface area contributed by atoms with E-state index in [9.17, 15) is 13.2 Å². The quantitative estimate of drug-likeness (QED) is 0.891. The largest absolute Gasteiger partial charge is 0.481 e. The van der Waals surface area contributed by atoms with E-state index in [1.165, 1.54) is 8.99 Å². The summed E-state index contributed by atoms with van der Waals surface area (Å²) < 4.78 is 29.3. The van der Waals surface area contributed by atoms with Gasteiger partial charge in [-0.05, 0) is 38.5 Å². The third kappa shape index (κ3) is 3.01. The molecule has 0 radical (unpaired) electrons. The van der Waals surface area contributed by atoms with Crippen LogP contribution < -0.4 is 0 Å². The van der Waals surface area contributed by atoms with Gasteiger partial charge in [-0.15, -0.1) is 0 Å². The number of nitrogens with zero attached hydrogens (tertiary/aromatic N) is 3. The molecule has 0 bridgehead atoms. The Morgan fingerprint density at radius 2 is 2.00 bits per heavy atom. The summed E-state index contributed by atoms with van der Waals surface area (Å²) >= 11 is 0. The molecule has 1 aliphatic heterocycles. The SMILES string of the molecule is Cn1nc2c(c1S(=O)(=O)N1CCCCC1CC(=O)O)CCCC2. The molecule has 1 saturated heterocycles. The molecule has 0 aromatic carbocycles. The Hall–Kier alpha value is -1.41. The predicted molar refractivity (Wildman–Crippen MR) is 83.6 cm³/mol. The number of carboxylic acid groups (broad SMARTS) is 1. The van der Waals surface area contributed by atoms with Gasteiger partial charge in [0, 0.05) is 25.2 Å². The average molecular weight is 341 g/mol. The van der Waals surface area contributed by atoms with E-state index in [1.807, 2.05) is 0 Å². The molecule has 1 aliphatic carbocycles. The van der Waals surface area contributed by atoms with Gasteiger partial charge < -0.3 is 5.11 Å². The zero-order valence-electron chi connectivity index (χ0n) is 13.4. The lowest BCUT2D eigenvalue weighted by atomic mass is 9.99. The summed E-state index contributed by atoms with van der Waals surface area (Å²) in [6.45, 7) is 0.389. The highest BCUT2D eigenvalue weighted by molar-refractivity contribution is 7.89. The lowest BCUT2D eigenvalue weighted by Crippen LogP contribution is -2.45. The fourth-order valence-corrected chi connectivity index (χ4v) is 5.85. The van der Waals surface area contributed by atoms with E-state index in [2.05, 4.69) is 5.10 Å². The highest BCUT2D eigenvalue weighted by Gasteiger charge is 2.38. The number of carboxylic acids is 1. The highest BCUT2D eigenvalue weighted by atomic mass is 32.2. The molecular weight excluding hydrogens is 318 g/mol. The molecule has 2 aliphatic rings.